The highest BCUT2D eigenvalue weighted by Gasteiger charge is 2.20. The number of aromatic nitrogens is 2. The zero-order valence-corrected chi connectivity index (χ0v) is 13.5. The number of nitrogens with zero attached hydrogens (tertiary/aromatic N) is 2. The summed E-state index contributed by atoms with van der Waals surface area (Å²) in [6, 6.07) is 2.42. The number of hydrogen-bond donors (Lipinski definition) is 2. The van der Waals surface area contributed by atoms with Crippen LogP contribution in [-0.4, -0.2) is 9.78 Å². The number of thiophene rings is 1. The Morgan fingerprint density at radius 1 is 1.38 bits per heavy atom. The number of hydrazine groups is 1. The van der Waals surface area contributed by atoms with Crippen LogP contribution in [0.4, 0.5) is 0 Å². The van der Waals surface area contributed by atoms with E-state index in [-0.39, 0.29) is 6.04 Å². The van der Waals surface area contributed by atoms with Crippen molar-refractivity contribution in [1.82, 2.24) is 15.2 Å². The van der Waals surface area contributed by atoms with E-state index in [0.717, 1.165) is 18.5 Å². The van der Waals surface area contributed by atoms with Crippen molar-refractivity contribution >= 4 is 11.3 Å². The minimum atomic E-state index is 0.0625. The SMILES string of the molecule is CCCn1cc(C(NN)c2cc3c(s2)CCCCC3)cn1. The maximum Gasteiger partial charge on any atom is 0.0833 e. The van der Waals surface area contributed by atoms with E-state index < -0.39 is 0 Å². The number of hydrogen-bond acceptors (Lipinski definition) is 4. The Hall–Kier alpha value is -1.17. The van der Waals surface area contributed by atoms with Crippen LogP contribution in [0.25, 0.3) is 0 Å². The molecule has 2 heterocycles. The summed E-state index contributed by atoms with van der Waals surface area (Å²) in [5.74, 6) is 5.83. The summed E-state index contributed by atoms with van der Waals surface area (Å²) >= 11 is 1.92. The normalized spacial score (nSPS) is 16.5. The van der Waals surface area contributed by atoms with Crippen LogP contribution < -0.4 is 11.3 Å². The van der Waals surface area contributed by atoms with Crippen molar-refractivity contribution in [2.24, 2.45) is 5.84 Å². The second-order valence-corrected chi connectivity index (χ2v) is 6.96. The molecule has 0 radical (unpaired) electrons. The van der Waals surface area contributed by atoms with Gasteiger partial charge in [-0.25, -0.2) is 5.43 Å². The molecule has 1 unspecified atom stereocenters. The monoisotopic (exact) mass is 304 g/mol. The largest absolute Gasteiger partial charge is 0.272 e. The van der Waals surface area contributed by atoms with Gasteiger partial charge in [-0.05, 0) is 43.7 Å². The zero-order chi connectivity index (χ0) is 14.7. The third-order valence-corrected chi connectivity index (χ3v) is 5.46. The number of nitrogens with two attached hydrogens (primary N) is 1. The van der Waals surface area contributed by atoms with Crippen LogP contribution in [-0.2, 0) is 19.4 Å². The Morgan fingerprint density at radius 3 is 3.05 bits per heavy atom. The summed E-state index contributed by atoms with van der Waals surface area (Å²) in [7, 11) is 0. The Labute approximate surface area is 130 Å². The molecular formula is C16H24N4S. The van der Waals surface area contributed by atoms with E-state index >= 15 is 0 Å². The molecule has 4 nitrogen and oxygen atoms in total. The molecule has 0 aliphatic heterocycles. The zero-order valence-electron chi connectivity index (χ0n) is 12.6. The first-order valence-corrected chi connectivity index (χ1v) is 8.73. The van der Waals surface area contributed by atoms with Crippen LogP contribution in [0, 0.1) is 0 Å². The second kappa shape index (κ2) is 6.73. The van der Waals surface area contributed by atoms with Gasteiger partial charge in [-0.3, -0.25) is 10.5 Å². The molecule has 1 atom stereocenters. The lowest BCUT2D eigenvalue weighted by atomic mass is 10.1. The summed E-state index contributed by atoms with van der Waals surface area (Å²) in [5.41, 5.74) is 5.66. The maximum atomic E-state index is 5.83. The smallest absolute Gasteiger partial charge is 0.0833 e. The molecule has 1 aliphatic carbocycles. The van der Waals surface area contributed by atoms with Crippen LogP contribution in [0.15, 0.2) is 18.5 Å². The van der Waals surface area contributed by atoms with Crippen molar-refractivity contribution in [1.29, 1.82) is 0 Å². The van der Waals surface area contributed by atoms with Crippen LogP contribution in [0.2, 0.25) is 0 Å². The molecule has 114 valence electrons. The maximum absolute atomic E-state index is 5.83. The van der Waals surface area contributed by atoms with Crippen molar-refractivity contribution < 1.29 is 0 Å². The molecule has 0 spiro atoms. The highest BCUT2D eigenvalue weighted by atomic mass is 32.1. The van der Waals surface area contributed by atoms with Gasteiger partial charge in [-0.1, -0.05) is 13.3 Å². The summed E-state index contributed by atoms with van der Waals surface area (Å²) in [6.07, 6.45) is 11.6. The Balaban J connectivity index is 1.85. The number of nitrogens with one attached hydrogen (secondary N) is 1. The average molecular weight is 304 g/mol. The van der Waals surface area contributed by atoms with Crippen LogP contribution in [0.3, 0.4) is 0 Å². The second-order valence-electron chi connectivity index (χ2n) is 5.79. The average Bonchev–Trinajstić information content (AvgIpc) is 3.03. The fourth-order valence-electron chi connectivity index (χ4n) is 3.06. The predicted molar refractivity (Wildman–Crippen MR) is 87.3 cm³/mol. The summed E-state index contributed by atoms with van der Waals surface area (Å²) in [4.78, 5) is 2.88. The topological polar surface area (TPSA) is 55.9 Å². The van der Waals surface area contributed by atoms with Gasteiger partial charge in [0.15, 0.2) is 0 Å². The Morgan fingerprint density at radius 2 is 2.24 bits per heavy atom. The molecule has 5 heteroatoms. The highest BCUT2D eigenvalue weighted by Crippen LogP contribution is 2.34. The molecule has 0 amide bonds. The van der Waals surface area contributed by atoms with E-state index in [4.69, 9.17) is 5.84 Å². The van der Waals surface area contributed by atoms with Crippen molar-refractivity contribution in [2.45, 2.75) is 58.0 Å². The molecule has 0 saturated heterocycles. The molecule has 21 heavy (non-hydrogen) atoms. The molecular weight excluding hydrogens is 280 g/mol. The first-order chi connectivity index (χ1) is 10.3. The van der Waals surface area contributed by atoms with E-state index in [1.165, 1.54) is 42.5 Å². The van der Waals surface area contributed by atoms with Gasteiger partial charge in [-0.15, -0.1) is 11.3 Å². The fraction of sp³-hybridized carbons (Fsp3) is 0.562. The third-order valence-electron chi connectivity index (χ3n) is 4.16. The van der Waals surface area contributed by atoms with Crippen LogP contribution in [0.5, 0.6) is 0 Å². The van der Waals surface area contributed by atoms with Gasteiger partial charge in [0.2, 0.25) is 0 Å². The van der Waals surface area contributed by atoms with Crippen LogP contribution >= 0.6 is 11.3 Å². The highest BCUT2D eigenvalue weighted by molar-refractivity contribution is 7.12. The lowest BCUT2D eigenvalue weighted by molar-refractivity contribution is 0.598. The van der Waals surface area contributed by atoms with Crippen molar-refractivity contribution in [3.8, 4) is 0 Å². The Kier molecular flexibility index (Phi) is 4.73. The molecule has 2 aromatic rings. The molecule has 2 aromatic heterocycles. The minimum absolute atomic E-state index is 0.0625. The van der Waals surface area contributed by atoms with Crippen molar-refractivity contribution in [3.05, 3.63) is 39.3 Å². The molecule has 1 aliphatic rings. The number of aryl methyl sites for hydroxylation is 3. The number of rotatable bonds is 5. The molecule has 0 fully saturated rings. The lowest BCUT2D eigenvalue weighted by Crippen LogP contribution is -2.28. The fourth-order valence-corrected chi connectivity index (χ4v) is 4.40. The van der Waals surface area contributed by atoms with E-state index in [2.05, 4.69) is 29.7 Å². The standard InChI is InChI=1S/C16H24N4S/c1-2-8-20-11-13(10-18-20)16(19-17)15-9-12-6-4-3-5-7-14(12)21-15/h9-11,16,19H,2-8,17H2,1H3. The van der Waals surface area contributed by atoms with E-state index in [1.807, 2.05) is 22.2 Å². The molecule has 3 rings (SSSR count). The number of fused-ring (bicyclic) bond motifs is 1. The molecule has 0 saturated carbocycles. The van der Waals surface area contributed by atoms with Crippen molar-refractivity contribution in [3.63, 3.8) is 0 Å². The predicted octanol–water partition coefficient (Wildman–Crippen LogP) is 3.18. The van der Waals surface area contributed by atoms with Gasteiger partial charge in [-0.2, -0.15) is 5.10 Å². The van der Waals surface area contributed by atoms with Gasteiger partial charge in [0.1, 0.15) is 0 Å². The minimum Gasteiger partial charge on any atom is -0.272 e. The first kappa shape index (κ1) is 14.8. The summed E-state index contributed by atoms with van der Waals surface area (Å²) in [5, 5.41) is 4.42. The van der Waals surface area contributed by atoms with Gasteiger partial charge in [0, 0.05) is 28.1 Å². The molecule has 3 N–H and O–H groups in total. The Bertz CT molecular complexity index is 563. The summed E-state index contributed by atoms with van der Waals surface area (Å²) < 4.78 is 2.00. The first-order valence-electron chi connectivity index (χ1n) is 7.91. The lowest BCUT2D eigenvalue weighted by Gasteiger charge is -2.12. The quantitative estimate of drug-likeness (QED) is 0.507. The van der Waals surface area contributed by atoms with Gasteiger partial charge < -0.3 is 0 Å². The van der Waals surface area contributed by atoms with Gasteiger partial charge in [0.05, 0.1) is 12.2 Å². The summed E-state index contributed by atoms with van der Waals surface area (Å²) in [6.45, 7) is 3.12. The molecule has 0 bridgehead atoms. The van der Waals surface area contributed by atoms with Crippen molar-refractivity contribution in [2.75, 3.05) is 0 Å². The van der Waals surface area contributed by atoms with Crippen LogP contribution in [0.1, 0.15) is 59.5 Å². The third kappa shape index (κ3) is 3.20. The molecule has 0 aromatic carbocycles. The van der Waals surface area contributed by atoms with Gasteiger partial charge >= 0.3 is 0 Å². The van der Waals surface area contributed by atoms with E-state index in [0.29, 0.717) is 0 Å². The van der Waals surface area contributed by atoms with E-state index in [1.54, 1.807) is 4.88 Å². The van der Waals surface area contributed by atoms with Gasteiger partial charge in [0.25, 0.3) is 0 Å². The van der Waals surface area contributed by atoms with E-state index in [9.17, 15) is 0 Å².